The van der Waals surface area contributed by atoms with Crippen molar-refractivity contribution in [1.29, 1.82) is 0 Å². The van der Waals surface area contributed by atoms with Crippen LogP contribution in [0.2, 0.25) is 0 Å². The third-order valence-corrected chi connectivity index (χ3v) is 3.86. The average molecular weight is 262 g/mol. The monoisotopic (exact) mass is 262 g/mol. The molecule has 0 atom stereocenters. The molecule has 2 rings (SSSR count). The maximum atomic E-state index is 4.73. The van der Waals surface area contributed by atoms with Gasteiger partial charge in [0.25, 0.3) is 0 Å². The number of aryl methyl sites for hydroxylation is 1. The normalized spacial score (nSPS) is 15.7. The Bertz CT molecular complexity index is 399. The van der Waals surface area contributed by atoms with Crippen LogP contribution in [0.4, 0.5) is 11.8 Å². The minimum Gasteiger partial charge on any atom is -0.354 e. The third kappa shape index (κ3) is 3.37. The molecular weight excluding hydrogens is 236 g/mol. The molecule has 0 spiro atoms. The molecule has 1 aromatic rings. The van der Waals surface area contributed by atoms with Crippen LogP contribution in [-0.2, 0) is 0 Å². The molecule has 4 heteroatoms. The van der Waals surface area contributed by atoms with E-state index < -0.39 is 0 Å². The van der Waals surface area contributed by atoms with Gasteiger partial charge in [-0.05, 0) is 33.1 Å². The molecule has 1 N–H and O–H groups in total. The number of aromatic nitrogens is 2. The van der Waals surface area contributed by atoms with Gasteiger partial charge < -0.3 is 10.2 Å². The maximum Gasteiger partial charge on any atom is 0.224 e. The van der Waals surface area contributed by atoms with Gasteiger partial charge in [0.1, 0.15) is 5.82 Å². The topological polar surface area (TPSA) is 41.1 Å². The molecule has 1 saturated carbocycles. The summed E-state index contributed by atoms with van der Waals surface area (Å²) >= 11 is 0. The Hall–Kier alpha value is -1.32. The van der Waals surface area contributed by atoms with Crippen molar-refractivity contribution < 1.29 is 0 Å². The first kappa shape index (κ1) is 14.1. The Kier molecular flexibility index (Phi) is 5.00. The van der Waals surface area contributed by atoms with E-state index in [9.17, 15) is 0 Å². The van der Waals surface area contributed by atoms with E-state index in [0.29, 0.717) is 6.04 Å². The van der Waals surface area contributed by atoms with Crippen molar-refractivity contribution in [1.82, 2.24) is 9.97 Å². The Balaban J connectivity index is 2.19. The molecule has 106 valence electrons. The van der Waals surface area contributed by atoms with Crippen molar-refractivity contribution in [2.24, 2.45) is 0 Å². The van der Waals surface area contributed by atoms with E-state index in [-0.39, 0.29) is 0 Å². The van der Waals surface area contributed by atoms with Gasteiger partial charge in [0.15, 0.2) is 0 Å². The predicted molar refractivity (Wildman–Crippen MR) is 80.8 cm³/mol. The highest BCUT2D eigenvalue weighted by molar-refractivity contribution is 5.49. The number of hydrogen-bond donors (Lipinski definition) is 1. The molecule has 1 heterocycles. The highest BCUT2D eigenvalue weighted by Gasteiger charge is 2.24. The van der Waals surface area contributed by atoms with Gasteiger partial charge in [-0.25, -0.2) is 4.98 Å². The molecule has 1 fully saturated rings. The fraction of sp³-hybridized carbons (Fsp3) is 0.733. The standard InChI is InChI=1S/C15H26N4/c1-4-10-16-15-17-11-12(3)14(18-15)19(5-2)13-8-6-7-9-13/h11,13H,4-10H2,1-3H3,(H,16,17,18). The number of rotatable bonds is 6. The maximum absolute atomic E-state index is 4.73. The first-order valence-corrected chi connectivity index (χ1v) is 7.60. The second-order valence-corrected chi connectivity index (χ2v) is 5.35. The van der Waals surface area contributed by atoms with Crippen LogP contribution in [-0.4, -0.2) is 29.1 Å². The minimum atomic E-state index is 0.664. The summed E-state index contributed by atoms with van der Waals surface area (Å²) in [6.07, 6.45) is 8.34. The molecule has 19 heavy (non-hydrogen) atoms. The molecule has 0 unspecified atom stereocenters. The van der Waals surface area contributed by atoms with E-state index in [0.717, 1.165) is 31.3 Å². The summed E-state index contributed by atoms with van der Waals surface area (Å²) in [5.74, 6) is 1.88. The molecular formula is C15H26N4. The van der Waals surface area contributed by atoms with Crippen LogP contribution in [0.3, 0.4) is 0 Å². The fourth-order valence-electron chi connectivity index (χ4n) is 2.84. The van der Waals surface area contributed by atoms with Gasteiger partial charge in [-0.3, -0.25) is 0 Å². The van der Waals surface area contributed by atoms with Gasteiger partial charge >= 0.3 is 0 Å². The van der Waals surface area contributed by atoms with Gasteiger partial charge in [-0.15, -0.1) is 0 Å². The molecule has 0 aliphatic heterocycles. The first-order valence-electron chi connectivity index (χ1n) is 7.60. The number of nitrogens with zero attached hydrogens (tertiary/aromatic N) is 3. The van der Waals surface area contributed by atoms with E-state index in [1.165, 1.54) is 31.2 Å². The SMILES string of the molecule is CCCNc1ncc(C)c(N(CC)C2CCCC2)n1. The minimum absolute atomic E-state index is 0.664. The van der Waals surface area contributed by atoms with Crippen LogP contribution >= 0.6 is 0 Å². The molecule has 1 aromatic heterocycles. The van der Waals surface area contributed by atoms with E-state index in [2.05, 4.69) is 36.0 Å². The van der Waals surface area contributed by atoms with E-state index >= 15 is 0 Å². The summed E-state index contributed by atoms with van der Waals surface area (Å²) < 4.78 is 0. The molecule has 0 radical (unpaired) electrons. The van der Waals surface area contributed by atoms with Crippen LogP contribution in [0.5, 0.6) is 0 Å². The van der Waals surface area contributed by atoms with Gasteiger partial charge in [0.05, 0.1) is 0 Å². The second kappa shape index (κ2) is 6.73. The molecule has 1 aliphatic carbocycles. The van der Waals surface area contributed by atoms with Crippen molar-refractivity contribution in [3.8, 4) is 0 Å². The largest absolute Gasteiger partial charge is 0.354 e. The lowest BCUT2D eigenvalue weighted by Gasteiger charge is -2.30. The lowest BCUT2D eigenvalue weighted by molar-refractivity contribution is 0.611. The zero-order valence-electron chi connectivity index (χ0n) is 12.4. The summed E-state index contributed by atoms with van der Waals surface area (Å²) in [6, 6.07) is 0.664. The van der Waals surface area contributed by atoms with Gasteiger partial charge in [0, 0.05) is 30.9 Å². The highest BCUT2D eigenvalue weighted by atomic mass is 15.2. The molecule has 1 aliphatic rings. The van der Waals surface area contributed by atoms with E-state index in [1.54, 1.807) is 0 Å². The second-order valence-electron chi connectivity index (χ2n) is 5.35. The summed E-state index contributed by atoms with van der Waals surface area (Å²) in [5.41, 5.74) is 1.18. The Morgan fingerprint density at radius 3 is 2.68 bits per heavy atom. The Morgan fingerprint density at radius 1 is 1.32 bits per heavy atom. The smallest absolute Gasteiger partial charge is 0.224 e. The summed E-state index contributed by atoms with van der Waals surface area (Å²) in [5, 5.41) is 3.28. The molecule has 4 nitrogen and oxygen atoms in total. The quantitative estimate of drug-likeness (QED) is 0.853. The number of hydrogen-bond acceptors (Lipinski definition) is 4. The van der Waals surface area contributed by atoms with Crippen LogP contribution < -0.4 is 10.2 Å². The average Bonchev–Trinajstić information content (AvgIpc) is 2.94. The van der Waals surface area contributed by atoms with Crippen LogP contribution in [0.1, 0.15) is 51.5 Å². The van der Waals surface area contributed by atoms with Crippen molar-refractivity contribution in [2.45, 2.75) is 58.9 Å². The predicted octanol–water partition coefficient (Wildman–Crippen LogP) is 3.38. The summed E-state index contributed by atoms with van der Waals surface area (Å²) in [6.45, 7) is 8.43. The van der Waals surface area contributed by atoms with E-state index in [1.807, 2.05) is 6.20 Å². The molecule has 0 bridgehead atoms. The van der Waals surface area contributed by atoms with Crippen LogP contribution in [0.15, 0.2) is 6.20 Å². The van der Waals surface area contributed by atoms with Crippen molar-refractivity contribution >= 4 is 11.8 Å². The summed E-state index contributed by atoms with van der Waals surface area (Å²) in [4.78, 5) is 11.6. The van der Waals surface area contributed by atoms with Crippen LogP contribution in [0.25, 0.3) is 0 Å². The van der Waals surface area contributed by atoms with Gasteiger partial charge in [0.2, 0.25) is 5.95 Å². The lowest BCUT2D eigenvalue weighted by Crippen LogP contribution is -2.34. The van der Waals surface area contributed by atoms with Crippen LogP contribution in [0, 0.1) is 6.92 Å². The molecule has 0 amide bonds. The first-order chi connectivity index (χ1) is 9.26. The third-order valence-electron chi connectivity index (χ3n) is 3.86. The summed E-state index contributed by atoms with van der Waals surface area (Å²) in [7, 11) is 0. The van der Waals surface area contributed by atoms with Gasteiger partial charge in [-0.1, -0.05) is 19.8 Å². The van der Waals surface area contributed by atoms with Crippen molar-refractivity contribution in [2.75, 3.05) is 23.3 Å². The number of nitrogens with one attached hydrogen (secondary N) is 1. The Morgan fingerprint density at radius 2 is 2.05 bits per heavy atom. The molecule has 0 aromatic carbocycles. The zero-order chi connectivity index (χ0) is 13.7. The fourth-order valence-corrected chi connectivity index (χ4v) is 2.84. The van der Waals surface area contributed by atoms with Crippen molar-refractivity contribution in [3.05, 3.63) is 11.8 Å². The van der Waals surface area contributed by atoms with E-state index in [4.69, 9.17) is 4.98 Å². The Labute approximate surface area is 116 Å². The van der Waals surface area contributed by atoms with Crippen molar-refractivity contribution in [3.63, 3.8) is 0 Å². The lowest BCUT2D eigenvalue weighted by atomic mass is 10.2. The van der Waals surface area contributed by atoms with Gasteiger partial charge in [-0.2, -0.15) is 4.98 Å². The number of anilines is 2. The zero-order valence-corrected chi connectivity index (χ0v) is 12.4. The molecule has 0 saturated heterocycles. The highest BCUT2D eigenvalue weighted by Crippen LogP contribution is 2.29.